The van der Waals surface area contributed by atoms with E-state index in [0.717, 1.165) is 29.7 Å². The highest BCUT2D eigenvalue weighted by atomic mass is 16.5. The first-order chi connectivity index (χ1) is 16.6. The van der Waals surface area contributed by atoms with Gasteiger partial charge in [0.15, 0.2) is 12.3 Å². The van der Waals surface area contributed by atoms with Gasteiger partial charge in [-0.15, -0.1) is 4.68 Å². The monoisotopic (exact) mass is 480 g/mol. The maximum atomic E-state index is 13.4. The second-order valence-electron chi connectivity index (χ2n) is 10.6. The summed E-state index contributed by atoms with van der Waals surface area (Å²) in [4.78, 5) is 13.4. The minimum atomic E-state index is -0.116. The highest BCUT2D eigenvalue weighted by Crippen LogP contribution is 2.32. The van der Waals surface area contributed by atoms with Gasteiger partial charge in [0.1, 0.15) is 11.9 Å². The number of hydrogen-bond donors (Lipinski definition) is 1. The molecule has 1 aliphatic rings. The molecule has 2 N–H and O–H groups in total. The van der Waals surface area contributed by atoms with E-state index in [1.165, 1.54) is 17.5 Å². The molecule has 1 aliphatic carbocycles. The number of benzene rings is 1. The SMILES string of the molecule is CCC(CC)Oc1cc(C)c2n[n+](CC(=O)c3cc(OCC4CC4)cc(C(C)(C)C)c3)c(N)n2n1. The van der Waals surface area contributed by atoms with Gasteiger partial charge in [-0.3, -0.25) is 10.5 Å². The van der Waals surface area contributed by atoms with Gasteiger partial charge in [0.2, 0.25) is 5.88 Å². The molecule has 1 saturated carbocycles. The molecule has 0 unspecified atom stereocenters. The summed E-state index contributed by atoms with van der Waals surface area (Å²) in [7, 11) is 0. The summed E-state index contributed by atoms with van der Waals surface area (Å²) in [6.45, 7) is 13.2. The summed E-state index contributed by atoms with van der Waals surface area (Å²) in [5, 5.41) is 9.12. The Kier molecular flexibility index (Phi) is 7.01. The highest BCUT2D eigenvalue weighted by molar-refractivity contribution is 5.95. The fourth-order valence-corrected chi connectivity index (χ4v) is 3.95. The first-order valence-corrected chi connectivity index (χ1v) is 12.6. The summed E-state index contributed by atoms with van der Waals surface area (Å²) in [6, 6.07) is 7.68. The van der Waals surface area contributed by atoms with Crippen molar-refractivity contribution < 1.29 is 19.0 Å². The van der Waals surface area contributed by atoms with Crippen LogP contribution >= 0.6 is 0 Å². The molecule has 3 aromatic rings. The molecule has 0 amide bonds. The van der Waals surface area contributed by atoms with Crippen molar-refractivity contribution in [2.75, 3.05) is 12.3 Å². The van der Waals surface area contributed by atoms with E-state index in [2.05, 4.69) is 44.8 Å². The first-order valence-electron chi connectivity index (χ1n) is 12.6. The Balaban J connectivity index is 1.61. The van der Waals surface area contributed by atoms with Gasteiger partial charge in [-0.1, -0.05) is 49.3 Å². The van der Waals surface area contributed by atoms with Crippen molar-refractivity contribution in [3.63, 3.8) is 0 Å². The molecule has 8 heteroatoms. The zero-order valence-corrected chi connectivity index (χ0v) is 21.8. The molecule has 188 valence electrons. The topological polar surface area (TPSA) is 95.6 Å². The van der Waals surface area contributed by atoms with Crippen LogP contribution < -0.4 is 19.9 Å². The maximum Gasteiger partial charge on any atom is 0.401 e. The molecule has 0 saturated heterocycles. The number of fused-ring (bicyclic) bond motifs is 1. The number of carbonyl (C=O) groups is 1. The van der Waals surface area contributed by atoms with Crippen molar-refractivity contribution in [2.24, 2.45) is 5.92 Å². The number of aromatic nitrogens is 4. The van der Waals surface area contributed by atoms with Gasteiger partial charge in [0.25, 0.3) is 5.65 Å². The number of nitrogens with zero attached hydrogens (tertiary/aromatic N) is 4. The summed E-state index contributed by atoms with van der Waals surface area (Å²) in [6.07, 6.45) is 4.30. The van der Waals surface area contributed by atoms with E-state index in [1.54, 1.807) is 4.52 Å². The molecular weight excluding hydrogens is 442 g/mol. The Labute approximate surface area is 207 Å². The number of carbonyl (C=O) groups excluding carboxylic acids is 1. The first kappa shape index (κ1) is 24.9. The summed E-state index contributed by atoms with van der Waals surface area (Å²) in [5.41, 5.74) is 9.40. The number of ketones is 1. The van der Waals surface area contributed by atoms with Gasteiger partial charge in [0.05, 0.1) is 6.61 Å². The molecule has 35 heavy (non-hydrogen) atoms. The Bertz CT molecular complexity index is 1220. The van der Waals surface area contributed by atoms with E-state index in [1.807, 2.05) is 31.2 Å². The molecule has 0 atom stereocenters. The van der Waals surface area contributed by atoms with Crippen molar-refractivity contribution in [3.8, 4) is 11.6 Å². The number of rotatable bonds is 10. The number of nitrogen functional groups attached to an aromatic ring is 1. The van der Waals surface area contributed by atoms with E-state index in [0.29, 0.717) is 29.6 Å². The lowest BCUT2D eigenvalue weighted by molar-refractivity contribution is -0.723. The van der Waals surface area contributed by atoms with Crippen molar-refractivity contribution in [1.82, 2.24) is 14.7 Å². The molecule has 0 bridgehead atoms. The average Bonchev–Trinajstić information content (AvgIpc) is 3.60. The van der Waals surface area contributed by atoms with Crippen molar-refractivity contribution >= 4 is 17.4 Å². The predicted molar refractivity (Wildman–Crippen MR) is 135 cm³/mol. The second kappa shape index (κ2) is 9.84. The van der Waals surface area contributed by atoms with Crippen LogP contribution in [0.4, 0.5) is 5.95 Å². The molecule has 2 aromatic heterocycles. The van der Waals surface area contributed by atoms with E-state index in [9.17, 15) is 4.79 Å². The number of nitrogens with two attached hydrogens (primary N) is 1. The quantitative estimate of drug-likeness (QED) is 0.340. The molecule has 1 aromatic carbocycles. The number of anilines is 1. The van der Waals surface area contributed by atoms with Crippen LogP contribution in [0.2, 0.25) is 0 Å². The van der Waals surface area contributed by atoms with Gasteiger partial charge >= 0.3 is 5.95 Å². The lowest BCUT2D eigenvalue weighted by Gasteiger charge is -2.21. The van der Waals surface area contributed by atoms with Crippen molar-refractivity contribution in [3.05, 3.63) is 41.0 Å². The van der Waals surface area contributed by atoms with Crippen LogP contribution in [0.1, 0.15) is 81.8 Å². The third kappa shape index (κ3) is 5.74. The molecular formula is C27H38N5O3+. The summed E-state index contributed by atoms with van der Waals surface area (Å²) in [5.74, 6) is 2.07. The third-order valence-corrected chi connectivity index (χ3v) is 6.56. The molecule has 4 rings (SSSR count). The Morgan fingerprint density at radius 3 is 2.54 bits per heavy atom. The van der Waals surface area contributed by atoms with Crippen LogP contribution in [0.5, 0.6) is 11.6 Å². The standard InChI is InChI=1S/C27H37N5O3/c1-7-21(8-2)35-24-11-17(3)25-30-31(26(28)32(25)29-24)15-23(33)19-12-20(27(4,5)6)14-22(13-19)34-16-18-9-10-18/h11-14,18,21,28H,7-10,15-16H2,1-6H3/p+1. The van der Waals surface area contributed by atoms with E-state index >= 15 is 0 Å². The number of ether oxygens (including phenoxy) is 2. The fraction of sp³-hybridized carbons (Fsp3) is 0.556. The lowest BCUT2D eigenvalue weighted by atomic mass is 9.85. The smallest absolute Gasteiger partial charge is 0.401 e. The largest absolute Gasteiger partial charge is 0.493 e. The van der Waals surface area contributed by atoms with Crippen molar-refractivity contribution in [1.29, 1.82) is 0 Å². The average molecular weight is 481 g/mol. The van der Waals surface area contributed by atoms with E-state index in [4.69, 9.17) is 15.2 Å². The molecule has 0 radical (unpaired) electrons. The molecule has 2 heterocycles. The van der Waals surface area contributed by atoms with Crippen LogP contribution in [0.3, 0.4) is 0 Å². The number of aryl methyl sites for hydroxylation is 1. The molecule has 1 fully saturated rings. The predicted octanol–water partition coefficient (Wildman–Crippen LogP) is 4.44. The van der Waals surface area contributed by atoms with Crippen molar-refractivity contribution in [2.45, 2.75) is 85.3 Å². The maximum absolute atomic E-state index is 13.4. The van der Waals surface area contributed by atoms with Gasteiger partial charge in [-0.25, -0.2) is 0 Å². The Morgan fingerprint density at radius 2 is 1.91 bits per heavy atom. The molecule has 0 spiro atoms. The highest BCUT2D eigenvalue weighted by Gasteiger charge is 2.26. The second-order valence-corrected chi connectivity index (χ2v) is 10.6. The number of Topliss-reactive ketones (excluding diaryl/α,β-unsaturated/α-hetero) is 1. The Morgan fingerprint density at radius 1 is 1.20 bits per heavy atom. The minimum absolute atomic E-state index is 0.00697. The van der Waals surface area contributed by atoms with Gasteiger partial charge < -0.3 is 9.47 Å². The van der Waals surface area contributed by atoms with Gasteiger partial charge in [0, 0.05) is 17.2 Å². The van der Waals surface area contributed by atoms with Crippen LogP contribution in [0.25, 0.3) is 5.65 Å². The van der Waals surface area contributed by atoms with Crippen LogP contribution in [-0.4, -0.2) is 33.2 Å². The zero-order valence-electron chi connectivity index (χ0n) is 21.8. The minimum Gasteiger partial charge on any atom is -0.493 e. The Hall–Kier alpha value is -3.16. The summed E-state index contributed by atoms with van der Waals surface area (Å²) >= 11 is 0. The van der Waals surface area contributed by atoms with E-state index < -0.39 is 0 Å². The van der Waals surface area contributed by atoms with E-state index in [-0.39, 0.29) is 29.8 Å². The summed E-state index contributed by atoms with van der Waals surface area (Å²) < 4.78 is 15.1. The van der Waals surface area contributed by atoms with Crippen LogP contribution in [-0.2, 0) is 12.0 Å². The molecule has 8 nitrogen and oxygen atoms in total. The van der Waals surface area contributed by atoms with Crippen LogP contribution in [0, 0.1) is 12.8 Å². The third-order valence-electron chi connectivity index (χ3n) is 6.56. The normalized spacial score (nSPS) is 14.0. The zero-order chi connectivity index (χ0) is 25.3. The lowest BCUT2D eigenvalue weighted by Crippen LogP contribution is -2.42. The van der Waals surface area contributed by atoms with Gasteiger partial charge in [-0.2, -0.15) is 0 Å². The number of hydrogen-bond acceptors (Lipinski definition) is 6. The van der Waals surface area contributed by atoms with Crippen LogP contribution in [0.15, 0.2) is 24.3 Å². The fourth-order valence-electron chi connectivity index (χ4n) is 3.95. The molecule has 0 aliphatic heterocycles. The van der Waals surface area contributed by atoms with Gasteiger partial charge in [-0.05, 0) is 67.7 Å².